The summed E-state index contributed by atoms with van der Waals surface area (Å²) in [6.07, 6.45) is 1.79. The normalized spacial score (nSPS) is 14.5. The van der Waals surface area contributed by atoms with Gasteiger partial charge in [-0.1, -0.05) is 76.2 Å². The molecular weight excluding hydrogens is 540 g/mol. The number of carbonyl (C=O) groups excluding carboxylic acids is 1. The van der Waals surface area contributed by atoms with E-state index in [1.54, 1.807) is 14.2 Å². The first-order chi connectivity index (χ1) is 20.6. The highest BCUT2D eigenvalue weighted by Gasteiger charge is 2.30. The number of hydrogen-bond acceptors (Lipinski definition) is 6. The number of aliphatic hydroxyl groups is 1. The molecule has 0 aromatic heterocycles. The van der Waals surface area contributed by atoms with Crippen molar-refractivity contribution in [2.24, 2.45) is 29.4 Å². The van der Waals surface area contributed by atoms with Crippen LogP contribution in [0, 0.1) is 23.7 Å². The van der Waals surface area contributed by atoms with Crippen molar-refractivity contribution in [3.05, 3.63) is 71.8 Å². The van der Waals surface area contributed by atoms with E-state index in [2.05, 4.69) is 43.4 Å². The summed E-state index contributed by atoms with van der Waals surface area (Å²) in [4.78, 5) is 13.3. The number of fused-ring (bicyclic) bond motifs is 1. The summed E-state index contributed by atoms with van der Waals surface area (Å²) in [7, 11) is 3.32. The topological polar surface area (TPSA) is 103 Å². The SMILES string of the molecule is COCCCOc1cc(C[C@@H](C[C@H](N)[C@@H](O)C[C@H](C(=O)NCc2cccc3ccccc23)C(C)C)C(C)C)ccc1OC. The number of amides is 1. The molecule has 0 radical (unpaired) electrons. The molecule has 3 rings (SSSR count). The summed E-state index contributed by atoms with van der Waals surface area (Å²) in [5.41, 5.74) is 8.83. The first kappa shape index (κ1) is 34.4. The van der Waals surface area contributed by atoms with E-state index in [-0.39, 0.29) is 23.7 Å². The molecule has 0 aliphatic carbocycles. The molecule has 3 aromatic carbocycles. The van der Waals surface area contributed by atoms with Crippen LogP contribution in [0.5, 0.6) is 11.5 Å². The molecule has 1 amide bonds. The minimum Gasteiger partial charge on any atom is -0.493 e. The van der Waals surface area contributed by atoms with E-state index in [9.17, 15) is 9.90 Å². The number of ether oxygens (including phenoxy) is 3. The van der Waals surface area contributed by atoms with Crippen molar-refractivity contribution < 1.29 is 24.1 Å². The van der Waals surface area contributed by atoms with Gasteiger partial charge in [-0.15, -0.1) is 0 Å². The van der Waals surface area contributed by atoms with Gasteiger partial charge in [-0.3, -0.25) is 4.79 Å². The largest absolute Gasteiger partial charge is 0.493 e. The van der Waals surface area contributed by atoms with Crippen LogP contribution in [0.1, 0.15) is 58.1 Å². The number of benzene rings is 3. The van der Waals surface area contributed by atoms with Crippen molar-refractivity contribution >= 4 is 16.7 Å². The molecule has 0 saturated heterocycles. The molecule has 0 saturated carbocycles. The van der Waals surface area contributed by atoms with E-state index in [1.165, 1.54) is 0 Å². The van der Waals surface area contributed by atoms with E-state index >= 15 is 0 Å². The number of carbonyl (C=O) groups is 1. The fraction of sp³-hybridized carbons (Fsp3) is 0.528. The monoisotopic (exact) mass is 592 g/mol. The molecule has 0 fully saturated rings. The summed E-state index contributed by atoms with van der Waals surface area (Å²) in [5, 5.41) is 16.6. The number of nitrogens with one attached hydrogen (secondary N) is 1. The van der Waals surface area contributed by atoms with Crippen LogP contribution >= 0.6 is 0 Å². The Morgan fingerprint density at radius 2 is 1.65 bits per heavy atom. The average molecular weight is 593 g/mol. The van der Waals surface area contributed by atoms with Gasteiger partial charge in [-0.25, -0.2) is 0 Å². The molecular formula is C36H52N2O5. The lowest BCUT2D eigenvalue weighted by molar-refractivity contribution is -0.127. The van der Waals surface area contributed by atoms with Crippen molar-refractivity contribution in [2.75, 3.05) is 27.4 Å². The van der Waals surface area contributed by atoms with Gasteiger partial charge in [-0.05, 0) is 71.0 Å². The van der Waals surface area contributed by atoms with Crippen LogP contribution in [0.3, 0.4) is 0 Å². The second-order valence-corrected chi connectivity index (χ2v) is 12.3. The van der Waals surface area contributed by atoms with Gasteiger partial charge in [0.25, 0.3) is 0 Å². The van der Waals surface area contributed by atoms with Gasteiger partial charge in [-0.2, -0.15) is 0 Å². The van der Waals surface area contributed by atoms with Crippen molar-refractivity contribution in [3.8, 4) is 11.5 Å². The van der Waals surface area contributed by atoms with E-state index in [0.717, 1.165) is 40.5 Å². The first-order valence-electron chi connectivity index (χ1n) is 15.6. The highest BCUT2D eigenvalue weighted by molar-refractivity contribution is 5.86. The molecule has 4 N–H and O–H groups in total. The van der Waals surface area contributed by atoms with E-state index < -0.39 is 12.1 Å². The lowest BCUT2D eigenvalue weighted by atomic mass is 9.81. The third-order valence-corrected chi connectivity index (χ3v) is 8.46. The molecule has 43 heavy (non-hydrogen) atoms. The van der Waals surface area contributed by atoms with Gasteiger partial charge in [0.1, 0.15) is 0 Å². The second kappa shape index (κ2) is 17.2. The Morgan fingerprint density at radius 1 is 0.907 bits per heavy atom. The number of aliphatic hydroxyl groups excluding tert-OH is 1. The van der Waals surface area contributed by atoms with Crippen LogP contribution in [0.4, 0.5) is 0 Å². The van der Waals surface area contributed by atoms with Crippen molar-refractivity contribution in [2.45, 2.75) is 72.1 Å². The minimum absolute atomic E-state index is 0.0501. The van der Waals surface area contributed by atoms with Crippen LogP contribution in [-0.2, 0) is 22.5 Å². The summed E-state index contributed by atoms with van der Waals surface area (Å²) in [6, 6.07) is 19.9. The molecule has 0 spiro atoms. The van der Waals surface area contributed by atoms with Crippen molar-refractivity contribution in [3.63, 3.8) is 0 Å². The third-order valence-electron chi connectivity index (χ3n) is 8.46. The Kier molecular flexibility index (Phi) is 13.8. The lowest BCUT2D eigenvalue weighted by Crippen LogP contribution is -2.42. The molecule has 7 nitrogen and oxygen atoms in total. The quantitative estimate of drug-likeness (QED) is 0.154. The highest BCUT2D eigenvalue weighted by atomic mass is 16.5. The third kappa shape index (κ3) is 10.2. The fourth-order valence-electron chi connectivity index (χ4n) is 5.62. The standard InChI is InChI=1S/C36H52N2O5/c1-24(2)29(19-26-15-16-34(42-6)35(20-26)43-18-10-17-41-5)21-32(37)33(39)22-31(25(3)4)36(40)38-23-28-13-9-12-27-11-7-8-14-30(27)28/h7-9,11-16,20,24-25,29,31-33,39H,10,17-19,21-23,37H2,1-6H3,(H,38,40)/t29-,31-,32-,33-/m0/s1. The Bertz CT molecular complexity index is 1270. The zero-order valence-corrected chi connectivity index (χ0v) is 26.8. The highest BCUT2D eigenvalue weighted by Crippen LogP contribution is 2.32. The summed E-state index contributed by atoms with van der Waals surface area (Å²) >= 11 is 0. The molecule has 7 heteroatoms. The van der Waals surface area contributed by atoms with Gasteiger partial charge in [0.2, 0.25) is 5.91 Å². The number of nitrogens with two attached hydrogens (primary N) is 1. The predicted octanol–water partition coefficient (Wildman–Crippen LogP) is 6.14. The van der Waals surface area contributed by atoms with Gasteiger partial charge >= 0.3 is 0 Å². The fourth-order valence-corrected chi connectivity index (χ4v) is 5.62. The number of hydrogen-bond donors (Lipinski definition) is 3. The van der Waals surface area contributed by atoms with Crippen LogP contribution in [0.2, 0.25) is 0 Å². The molecule has 0 aliphatic heterocycles. The molecule has 0 heterocycles. The number of methoxy groups -OCH3 is 2. The maximum atomic E-state index is 13.3. The first-order valence-corrected chi connectivity index (χ1v) is 15.6. The average Bonchev–Trinajstić information content (AvgIpc) is 3.00. The predicted molar refractivity (Wildman–Crippen MR) is 174 cm³/mol. The van der Waals surface area contributed by atoms with Crippen molar-refractivity contribution in [1.29, 1.82) is 0 Å². The van der Waals surface area contributed by atoms with E-state index in [0.29, 0.717) is 44.3 Å². The van der Waals surface area contributed by atoms with Gasteiger partial charge in [0.05, 0.1) is 19.8 Å². The lowest BCUT2D eigenvalue weighted by Gasteiger charge is -2.30. The number of rotatable bonds is 18. The van der Waals surface area contributed by atoms with Gasteiger partial charge in [0, 0.05) is 38.6 Å². The van der Waals surface area contributed by atoms with Gasteiger partial charge in [0.15, 0.2) is 11.5 Å². The summed E-state index contributed by atoms with van der Waals surface area (Å²) in [6.45, 7) is 10.1. The zero-order chi connectivity index (χ0) is 31.4. The maximum absolute atomic E-state index is 13.3. The summed E-state index contributed by atoms with van der Waals surface area (Å²) in [5.74, 6) is 1.70. The maximum Gasteiger partial charge on any atom is 0.223 e. The van der Waals surface area contributed by atoms with E-state index in [1.807, 2.05) is 50.2 Å². The smallest absolute Gasteiger partial charge is 0.223 e. The molecule has 0 aliphatic rings. The van der Waals surface area contributed by atoms with E-state index in [4.69, 9.17) is 19.9 Å². The molecule has 4 atom stereocenters. The Labute approximate surface area is 258 Å². The zero-order valence-electron chi connectivity index (χ0n) is 26.8. The van der Waals surface area contributed by atoms with Crippen LogP contribution in [0.15, 0.2) is 60.7 Å². The van der Waals surface area contributed by atoms with Gasteiger partial charge < -0.3 is 30.4 Å². The Hall–Kier alpha value is -3.13. The van der Waals surface area contributed by atoms with Crippen LogP contribution < -0.4 is 20.5 Å². The molecule has 0 bridgehead atoms. The molecule has 236 valence electrons. The summed E-state index contributed by atoms with van der Waals surface area (Å²) < 4.78 is 16.6. The van der Waals surface area contributed by atoms with Crippen molar-refractivity contribution in [1.82, 2.24) is 5.32 Å². The van der Waals surface area contributed by atoms with Crippen LogP contribution in [0.25, 0.3) is 10.8 Å². The minimum atomic E-state index is -0.785. The second-order valence-electron chi connectivity index (χ2n) is 12.3. The molecule has 3 aromatic rings. The van der Waals surface area contributed by atoms with Crippen LogP contribution in [-0.4, -0.2) is 50.6 Å². The Morgan fingerprint density at radius 3 is 2.35 bits per heavy atom. The molecule has 0 unspecified atom stereocenters. The Balaban J connectivity index is 1.61.